The molecule has 0 amide bonds. The van der Waals surface area contributed by atoms with Crippen LogP contribution in [0.1, 0.15) is 46.0 Å². The summed E-state index contributed by atoms with van der Waals surface area (Å²) in [7, 11) is 0. The Morgan fingerprint density at radius 2 is 1.67 bits per heavy atom. The van der Waals surface area contributed by atoms with Gasteiger partial charge in [0.25, 0.3) is 0 Å². The summed E-state index contributed by atoms with van der Waals surface area (Å²) in [5.74, 6) is 1.73. The molecule has 4 nitrogen and oxygen atoms in total. The Morgan fingerprint density at radius 3 is 2.14 bits per heavy atom. The van der Waals surface area contributed by atoms with E-state index < -0.39 is 18.4 Å². The SMILES string of the molecule is C/C(=C\C(=O)CO)C(=O)OC1(C)C2CC3CC(C2)CC1C3. The van der Waals surface area contributed by atoms with Crippen LogP contribution in [0, 0.1) is 23.7 Å². The molecule has 4 aliphatic carbocycles. The second kappa shape index (κ2) is 5.24. The highest BCUT2D eigenvalue weighted by atomic mass is 16.6. The monoisotopic (exact) mass is 292 g/mol. The standard InChI is InChI=1S/C17H24O4/c1-10(3-15(19)9-18)16(20)21-17(2)13-5-11-4-12(7-13)8-14(17)6-11/h3,11-14,18H,4-9H2,1-2H3/b10-3+. The molecule has 0 atom stereocenters. The highest BCUT2D eigenvalue weighted by Gasteiger charge is 2.57. The van der Waals surface area contributed by atoms with Gasteiger partial charge in [0.1, 0.15) is 12.2 Å². The lowest BCUT2D eigenvalue weighted by Gasteiger charge is -2.59. The summed E-state index contributed by atoms with van der Waals surface area (Å²) >= 11 is 0. The summed E-state index contributed by atoms with van der Waals surface area (Å²) < 4.78 is 5.88. The molecule has 21 heavy (non-hydrogen) atoms. The first-order chi connectivity index (χ1) is 9.92. The predicted molar refractivity (Wildman–Crippen MR) is 77.4 cm³/mol. The number of aliphatic hydroxyl groups is 1. The van der Waals surface area contributed by atoms with Crippen molar-refractivity contribution in [2.24, 2.45) is 23.7 Å². The van der Waals surface area contributed by atoms with Gasteiger partial charge in [-0.15, -0.1) is 0 Å². The van der Waals surface area contributed by atoms with E-state index in [1.165, 1.54) is 38.2 Å². The number of ketones is 1. The summed E-state index contributed by atoms with van der Waals surface area (Å²) in [6, 6.07) is 0. The first-order valence-corrected chi connectivity index (χ1v) is 7.97. The molecule has 0 aliphatic heterocycles. The molecule has 4 heteroatoms. The predicted octanol–water partition coefficient (Wildman–Crippen LogP) is 2.25. The normalized spacial score (nSPS) is 41.2. The fourth-order valence-electron chi connectivity index (χ4n) is 4.91. The zero-order chi connectivity index (χ0) is 15.2. The fraction of sp³-hybridized carbons (Fsp3) is 0.765. The molecule has 0 aromatic rings. The van der Waals surface area contributed by atoms with Crippen molar-refractivity contribution in [3.63, 3.8) is 0 Å². The maximum atomic E-state index is 12.3. The highest BCUT2D eigenvalue weighted by Crippen LogP contribution is 2.59. The van der Waals surface area contributed by atoms with Crippen LogP contribution in [0.5, 0.6) is 0 Å². The Bertz CT molecular complexity index is 463. The molecular formula is C17H24O4. The Balaban J connectivity index is 1.73. The number of aliphatic hydroxyl groups excluding tert-OH is 1. The van der Waals surface area contributed by atoms with Crippen molar-refractivity contribution in [2.75, 3.05) is 6.61 Å². The largest absolute Gasteiger partial charge is 0.455 e. The molecule has 116 valence electrons. The third kappa shape index (κ3) is 2.54. The number of esters is 1. The summed E-state index contributed by atoms with van der Waals surface area (Å²) in [5.41, 5.74) is -0.0916. The van der Waals surface area contributed by atoms with Crippen molar-refractivity contribution in [2.45, 2.75) is 51.6 Å². The molecule has 0 heterocycles. The third-order valence-corrected chi connectivity index (χ3v) is 5.93. The molecule has 4 saturated carbocycles. The molecule has 0 saturated heterocycles. The molecule has 4 rings (SSSR count). The van der Waals surface area contributed by atoms with Crippen LogP contribution in [0.3, 0.4) is 0 Å². The molecule has 0 spiro atoms. The van der Waals surface area contributed by atoms with Crippen LogP contribution in [0.2, 0.25) is 0 Å². The molecule has 0 aromatic heterocycles. The molecule has 4 bridgehead atoms. The summed E-state index contributed by atoms with van der Waals surface area (Å²) in [6.45, 7) is 3.09. The van der Waals surface area contributed by atoms with Gasteiger partial charge in [0.15, 0.2) is 5.78 Å². The van der Waals surface area contributed by atoms with Gasteiger partial charge in [-0.1, -0.05) is 0 Å². The molecule has 0 aromatic carbocycles. The Morgan fingerprint density at radius 1 is 1.14 bits per heavy atom. The van der Waals surface area contributed by atoms with Crippen LogP contribution >= 0.6 is 0 Å². The van der Waals surface area contributed by atoms with E-state index in [-0.39, 0.29) is 11.2 Å². The van der Waals surface area contributed by atoms with E-state index in [1.54, 1.807) is 6.92 Å². The molecule has 0 radical (unpaired) electrons. The van der Waals surface area contributed by atoms with Crippen LogP contribution in [0.4, 0.5) is 0 Å². The number of hydrogen-bond donors (Lipinski definition) is 1. The van der Waals surface area contributed by atoms with Crippen molar-refractivity contribution in [1.29, 1.82) is 0 Å². The van der Waals surface area contributed by atoms with Gasteiger partial charge in [0, 0.05) is 5.57 Å². The number of carbonyl (C=O) groups is 2. The molecule has 0 unspecified atom stereocenters. The molecule has 4 fully saturated rings. The quantitative estimate of drug-likeness (QED) is 0.637. The lowest BCUT2D eigenvalue weighted by atomic mass is 9.50. The maximum absolute atomic E-state index is 12.3. The van der Waals surface area contributed by atoms with Crippen LogP contribution in [0.15, 0.2) is 11.6 Å². The molecular weight excluding hydrogens is 268 g/mol. The van der Waals surface area contributed by atoms with Crippen LogP contribution in [0.25, 0.3) is 0 Å². The van der Waals surface area contributed by atoms with Gasteiger partial charge < -0.3 is 9.84 Å². The van der Waals surface area contributed by atoms with Crippen molar-refractivity contribution in [1.82, 2.24) is 0 Å². The average molecular weight is 292 g/mol. The van der Waals surface area contributed by atoms with E-state index in [1.807, 2.05) is 0 Å². The highest BCUT2D eigenvalue weighted by molar-refractivity contribution is 5.99. The summed E-state index contributed by atoms with van der Waals surface area (Å²) in [6.07, 6.45) is 7.25. The lowest BCUT2D eigenvalue weighted by molar-refractivity contribution is -0.199. The minimum absolute atomic E-state index is 0.282. The topological polar surface area (TPSA) is 63.6 Å². The van der Waals surface area contributed by atoms with E-state index in [9.17, 15) is 9.59 Å². The zero-order valence-corrected chi connectivity index (χ0v) is 12.8. The smallest absolute Gasteiger partial charge is 0.334 e. The number of carbonyl (C=O) groups excluding carboxylic acids is 2. The second-order valence-electron chi connectivity index (χ2n) is 7.33. The van der Waals surface area contributed by atoms with Crippen LogP contribution < -0.4 is 0 Å². The van der Waals surface area contributed by atoms with Gasteiger partial charge in [-0.05, 0) is 75.7 Å². The van der Waals surface area contributed by atoms with Crippen molar-refractivity contribution in [3.05, 3.63) is 11.6 Å². The maximum Gasteiger partial charge on any atom is 0.334 e. The zero-order valence-electron chi connectivity index (χ0n) is 12.8. The first kappa shape index (κ1) is 14.8. The van der Waals surface area contributed by atoms with Crippen LogP contribution in [-0.2, 0) is 14.3 Å². The van der Waals surface area contributed by atoms with E-state index in [2.05, 4.69) is 6.92 Å². The Kier molecular flexibility index (Phi) is 3.68. The summed E-state index contributed by atoms with van der Waals surface area (Å²) in [5, 5.41) is 8.76. The van der Waals surface area contributed by atoms with Gasteiger partial charge in [0.2, 0.25) is 0 Å². The minimum atomic E-state index is -0.573. The van der Waals surface area contributed by atoms with Gasteiger partial charge in [-0.25, -0.2) is 4.79 Å². The van der Waals surface area contributed by atoms with Crippen LogP contribution in [-0.4, -0.2) is 29.1 Å². The Labute approximate surface area is 125 Å². The van der Waals surface area contributed by atoms with Gasteiger partial charge in [-0.3, -0.25) is 4.79 Å². The molecule has 4 aliphatic rings. The van der Waals surface area contributed by atoms with Gasteiger partial charge in [-0.2, -0.15) is 0 Å². The second-order valence-corrected chi connectivity index (χ2v) is 7.33. The van der Waals surface area contributed by atoms with E-state index in [0.717, 1.165) is 11.8 Å². The summed E-state index contributed by atoms with van der Waals surface area (Å²) in [4.78, 5) is 23.5. The first-order valence-electron chi connectivity index (χ1n) is 7.97. The van der Waals surface area contributed by atoms with E-state index in [0.29, 0.717) is 11.8 Å². The van der Waals surface area contributed by atoms with Gasteiger partial charge in [0.05, 0.1) is 0 Å². The van der Waals surface area contributed by atoms with Crippen molar-refractivity contribution < 1.29 is 19.4 Å². The third-order valence-electron chi connectivity index (χ3n) is 5.93. The number of rotatable bonds is 4. The Hall–Kier alpha value is -1.16. The van der Waals surface area contributed by atoms with Crippen molar-refractivity contribution in [3.8, 4) is 0 Å². The van der Waals surface area contributed by atoms with E-state index in [4.69, 9.17) is 9.84 Å². The van der Waals surface area contributed by atoms with E-state index >= 15 is 0 Å². The van der Waals surface area contributed by atoms with Crippen molar-refractivity contribution >= 4 is 11.8 Å². The minimum Gasteiger partial charge on any atom is -0.455 e. The number of ether oxygens (including phenoxy) is 1. The molecule has 1 N–H and O–H groups in total. The fourth-order valence-corrected chi connectivity index (χ4v) is 4.91. The average Bonchev–Trinajstić information content (AvgIpc) is 2.44. The van der Waals surface area contributed by atoms with Gasteiger partial charge >= 0.3 is 5.97 Å². The lowest BCUT2D eigenvalue weighted by Crippen LogP contribution is -2.58. The number of hydrogen-bond acceptors (Lipinski definition) is 4.